The van der Waals surface area contributed by atoms with E-state index in [1.807, 2.05) is 24.6 Å². The number of hydrogen-bond donors (Lipinski definition) is 2. The van der Waals surface area contributed by atoms with Crippen molar-refractivity contribution < 1.29 is 9.63 Å². The molecule has 128 valence electrons. The quantitative estimate of drug-likeness (QED) is 0.607. The van der Waals surface area contributed by atoms with Gasteiger partial charge in [-0.3, -0.25) is 0 Å². The lowest BCUT2D eigenvalue weighted by Gasteiger charge is -2.18. The molecular formula is C16H22N6O2. The highest BCUT2D eigenvalue weighted by atomic mass is 16.5. The Bertz CT molecular complexity index is 712. The number of likely N-dealkylation sites (tertiary alicyclic amines) is 1. The molecule has 1 aliphatic rings. The number of aromatic nitrogens is 3. The van der Waals surface area contributed by atoms with Crippen molar-refractivity contribution in [1.82, 2.24) is 19.6 Å². The minimum Gasteiger partial charge on any atom is -0.373 e. The maximum atomic E-state index is 10.3. The third-order valence-electron chi connectivity index (χ3n) is 4.54. The molecule has 8 nitrogen and oxygen atoms in total. The van der Waals surface area contributed by atoms with E-state index in [1.165, 1.54) is 0 Å². The summed E-state index contributed by atoms with van der Waals surface area (Å²) in [4.78, 5) is 5.95. The van der Waals surface area contributed by atoms with Crippen LogP contribution in [0.15, 0.2) is 17.0 Å². The van der Waals surface area contributed by atoms with Gasteiger partial charge in [0.2, 0.25) is 0 Å². The number of anilines is 1. The summed E-state index contributed by atoms with van der Waals surface area (Å²) in [6, 6.07) is 0. The van der Waals surface area contributed by atoms with Gasteiger partial charge in [0.15, 0.2) is 6.19 Å². The van der Waals surface area contributed by atoms with Crippen LogP contribution in [0.1, 0.15) is 23.4 Å². The van der Waals surface area contributed by atoms with Crippen LogP contribution in [-0.2, 0) is 13.0 Å². The van der Waals surface area contributed by atoms with Gasteiger partial charge in [0.1, 0.15) is 17.8 Å². The van der Waals surface area contributed by atoms with Gasteiger partial charge in [-0.15, -0.1) is 0 Å². The predicted molar refractivity (Wildman–Crippen MR) is 86.8 cm³/mol. The SMILES string of the molecule is Cc1noc(C)c1CCn1cnc(NC(O)[C@H]2CCN(C#N)C2)c1. The molecule has 2 aromatic rings. The highest BCUT2D eigenvalue weighted by Crippen LogP contribution is 2.20. The van der Waals surface area contributed by atoms with Gasteiger partial charge in [0.25, 0.3) is 0 Å². The van der Waals surface area contributed by atoms with Crippen LogP contribution in [0, 0.1) is 31.2 Å². The molecule has 1 unspecified atom stereocenters. The zero-order chi connectivity index (χ0) is 17.1. The van der Waals surface area contributed by atoms with Gasteiger partial charge in [-0.25, -0.2) is 4.98 Å². The Morgan fingerprint density at radius 2 is 2.38 bits per heavy atom. The lowest BCUT2D eigenvalue weighted by atomic mass is 10.1. The molecular weight excluding hydrogens is 308 g/mol. The van der Waals surface area contributed by atoms with E-state index in [2.05, 4.69) is 21.7 Å². The molecule has 1 aliphatic heterocycles. The number of aryl methyl sites for hydroxylation is 3. The summed E-state index contributed by atoms with van der Waals surface area (Å²) in [6.07, 6.45) is 6.65. The van der Waals surface area contributed by atoms with Crippen LogP contribution in [-0.4, -0.2) is 44.0 Å². The van der Waals surface area contributed by atoms with Crippen molar-refractivity contribution in [2.45, 2.75) is 39.5 Å². The molecule has 0 saturated carbocycles. The number of rotatable bonds is 6. The summed E-state index contributed by atoms with van der Waals surface area (Å²) in [6.45, 7) is 5.90. The first kappa shape index (κ1) is 16.3. The van der Waals surface area contributed by atoms with E-state index >= 15 is 0 Å². The summed E-state index contributed by atoms with van der Waals surface area (Å²) in [5, 5.41) is 26.1. The monoisotopic (exact) mass is 330 g/mol. The fourth-order valence-corrected chi connectivity index (χ4v) is 3.06. The summed E-state index contributed by atoms with van der Waals surface area (Å²) in [5.41, 5.74) is 2.05. The van der Waals surface area contributed by atoms with Crippen molar-refractivity contribution in [3.63, 3.8) is 0 Å². The number of imidazole rings is 1. The molecule has 2 aromatic heterocycles. The molecule has 2 atom stereocenters. The Labute approximate surface area is 140 Å². The Balaban J connectivity index is 1.53. The number of aliphatic hydroxyl groups is 1. The summed E-state index contributed by atoms with van der Waals surface area (Å²) in [7, 11) is 0. The Morgan fingerprint density at radius 1 is 1.54 bits per heavy atom. The van der Waals surface area contributed by atoms with E-state index in [-0.39, 0.29) is 5.92 Å². The maximum absolute atomic E-state index is 10.3. The van der Waals surface area contributed by atoms with Crippen LogP contribution in [0.25, 0.3) is 0 Å². The lowest BCUT2D eigenvalue weighted by Crippen LogP contribution is -2.30. The van der Waals surface area contributed by atoms with Crippen LogP contribution < -0.4 is 5.32 Å². The molecule has 3 rings (SSSR count). The molecule has 0 aliphatic carbocycles. The van der Waals surface area contributed by atoms with Crippen molar-refractivity contribution in [3.8, 4) is 6.19 Å². The van der Waals surface area contributed by atoms with Crippen LogP contribution >= 0.6 is 0 Å². The topological polar surface area (TPSA) is 103 Å². The zero-order valence-corrected chi connectivity index (χ0v) is 13.9. The third-order valence-corrected chi connectivity index (χ3v) is 4.54. The number of hydrogen-bond acceptors (Lipinski definition) is 7. The minimum atomic E-state index is -0.700. The fourth-order valence-electron chi connectivity index (χ4n) is 3.06. The summed E-state index contributed by atoms with van der Waals surface area (Å²) >= 11 is 0. The molecule has 0 amide bonds. The van der Waals surface area contributed by atoms with Crippen molar-refractivity contribution in [1.29, 1.82) is 5.26 Å². The van der Waals surface area contributed by atoms with Crippen LogP contribution in [0.5, 0.6) is 0 Å². The number of nitriles is 1. The van der Waals surface area contributed by atoms with E-state index < -0.39 is 6.23 Å². The average molecular weight is 330 g/mol. The average Bonchev–Trinajstić information content (AvgIpc) is 3.27. The molecule has 3 heterocycles. The second kappa shape index (κ2) is 6.93. The standard InChI is InChI=1S/C16H22N6O2/c1-11-14(12(2)24-20-11)4-6-22-8-15(18-10-22)19-16(23)13-3-5-21(7-13)9-17/h8,10,13,16,19,23H,3-7H2,1-2H3/t13-,16?/m0/s1. The van der Waals surface area contributed by atoms with Gasteiger partial charge in [-0.1, -0.05) is 5.16 Å². The molecule has 0 radical (unpaired) electrons. The van der Waals surface area contributed by atoms with E-state index in [1.54, 1.807) is 11.2 Å². The maximum Gasteiger partial charge on any atom is 0.179 e. The summed E-state index contributed by atoms with van der Waals surface area (Å²) in [5.74, 6) is 1.53. The second-order valence-electron chi connectivity index (χ2n) is 6.23. The van der Waals surface area contributed by atoms with Gasteiger partial charge in [0, 0.05) is 37.3 Å². The van der Waals surface area contributed by atoms with Crippen molar-refractivity contribution in [2.24, 2.45) is 5.92 Å². The van der Waals surface area contributed by atoms with Gasteiger partial charge in [-0.05, 0) is 26.7 Å². The zero-order valence-electron chi connectivity index (χ0n) is 13.9. The minimum absolute atomic E-state index is 0.0390. The van der Waals surface area contributed by atoms with Crippen molar-refractivity contribution in [2.75, 3.05) is 18.4 Å². The highest BCUT2D eigenvalue weighted by Gasteiger charge is 2.28. The van der Waals surface area contributed by atoms with E-state index in [0.717, 1.165) is 36.4 Å². The van der Waals surface area contributed by atoms with Gasteiger partial charge in [0.05, 0.1) is 12.0 Å². The number of aliphatic hydroxyl groups excluding tert-OH is 1. The highest BCUT2D eigenvalue weighted by molar-refractivity contribution is 5.32. The predicted octanol–water partition coefficient (Wildman–Crippen LogP) is 1.26. The molecule has 0 bridgehead atoms. The second-order valence-corrected chi connectivity index (χ2v) is 6.23. The Kier molecular flexibility index (Phi) is 4.71. The van der Waals surface area contributed by atoms with Gasteiger partial charge in [-0.2, -0.15) is 5.26 Å². The van der Waals surface area contributed by atoms with Crippen molar-refractivity contribution >= 4 is 5.82 Å². The van der Waals surface area contributed by atoms with Crippen LogP contribution in [0.3, 0.4) is 0 Å². The molecule has 2 N–H and O–H groups in total. The van der Waals surface area contributed by atoms with E-state index in [4.69, 9.17) is 9.78 Å². The summed E-state index contributed by atoms with van der Waals surface area (Å²) < 4.78 is 7.14. The van der Waals surface area contributed by atoms with Gasteiger partial charge >= 0.3 is 0 Å². The smallest absolute Gasteiger partial charge is 0.179 e. The largest absolute Gasteiger partial charge is 0.373 e. The molecule has 0 spiro atoms. The molecule has 1 fully saturated rings. The van der Waals surface area contributed by atoms with Crippen LogP contribution in [0.2, 0.25) is 0 Å². The van der Waals surface area contributed by atoms with E-state index in [9.17, 15) is 5.11 Å². The molecule has 8 heteroatoms. The van der Waals surface area contributed by atoms with E-state index in [0.29, 0.717) is 18.9 Å². The first-order chi connectivity index (χ1) is 11.6. The molecule has 0 aromatic carbocycles. The lowest BCUT2D eigenvalue weighted by molar-refractivity contribution is 0.139. The number of nitrogens with zero attached hydrogens (tertiary/aromatic N) is 5. The normalized spacial score (nSPS) is 18.6. The van der Waals surface area contributed by atoms with Gasteiger partial charge < -0.3 is 24.4 Å². The molecule has 24 heavy (non-hydrogen) atoms. The Morgan fingerprint density at radius 3 is 3.04 bits per heavy atom. The molecule has 1 saturated heterocycles. The van der Waals surface area contributed by atoms with Crippen LogP contribution in [0.4, 0.5) is 5.82 Å². The fraction of sp³-hybridized carbons (Fsp3) is 0.562. The Hall–Kier alpha value is -2.53. The number of nitrogens with one attached hydrogen (secondary N) is 1. The first-order valence-corrected chi connectivity index (χ1v) is 8.09. The first-order valence-electron chi connectivity index (χ1n) is 8.09. The van der Waals surface area contributed by atoms with Crippen molar-refractivity contribution in [3.05, 3.63) is 29.5 Å². The third kappa shape index (κ3) is 3.51.